The van der Waals surface area contributed by atoms with Crippen molar-refractivity contribution in [1.29, 1.82) is 0 Å². The Labute approximate surface area is 128 Å². The van der Waals surface area contributed by atoms with Crippen LogP contribution < -0.4 is 5.32 Å². The average molecular weight is 296 g/mol. The molecule has 1 N–H and O–H groups in total. The number of fused-ring (bicyclic) bond motifs is 1. The summed E-state index contributed by atoms with van der Waals surface area (Å²) < 4.78 is 0. The number of piperazine rings is 1. The van der Waals surface area contributed by atoms with Crippen LogP contribution >= 0.6 is 12.4 Å². The normalized spacial score (nSPS) is 19.6. The van der Waals surface area contributed by atoms with Gasteiger partial charge >= 0.3 is 0 Å². The molecule has 1 saturated heterocycles. The number of hydrogen-bond donors (Lipinski definition) is 1. The van der Waals surface area contributed by atoms with E-state index in [2.05, 4.69) is 47.2 Å². The lowest BCUT2D eigenvalue weighted by Crippen LogP contribution is -2.48. The molecule has 2 heterocycles. The number of nitrogens with one attached hydrogen (secondary N) is 1. The molecule has 0 unspecified atom stereocenters. The molecule has 4 heteroatoms. The van der Waals surface area contributed by atoms with Crippen molar-refractivity contribution in [2.75, 3.05) is 38.0 Å². The Morgan fingerprint density at radius 2 is 1.90 bits per heavy atom. The average Bonchev–Trinajstić information content (AvgIpc) is 2.89. The standard InChI is InChI=1S/C16H25N3.ClH/c1-13(2)19-10-8-18(9-11-19)12-15-5-3-4-14-6-7-17-16(14)15;/h3-5,13,17H,6-12H2,1-2H3;1H. The summed E-state index contributed by atoms with van der Waals surface area (Å²) in [6.45, 7) is 11.6. The molecule has 0 saturated carbocycles. The SMILES string of the molecule is CC(C)N1CCN(Cc2cccc3c2NCC3)CC1.Cl. The van der Waals surface area contributed by atoms with Gasteiger partial charge in [-0.1, -0.05) is 18.2 Å². The Morgan fingerprint density at radius 3 is 2.60 bits per heavy atom. The Hall–Kier alpha value is -0.770. The van der Waals surface area contributed by atoms with Crippen molar-refractivity contribution >= 4 is 18.1 Å². The Balaban J connectivity index is 0.00000147. The first kappa shape index (κ1) is 15.6. The van der Waals surface area contributed by atoms with Gasteiger partial charge in [-0.25, -0.2) is 0 Å². The van der Waals surface area contributed by atoms with Crippen LogP contribution in [0.4, 0.5) is 5.69 Å². The molecule has 1 aromatic carbocycles. The maximum Gasteiger partial charge on any atom is 0.0419 e. The lowest BCUT2D eigenvalue weighted by atomic mass is 10.1. The first-order chi connectivity index (χ1) is 9.24. The van der Waals surface area contributed by atoms with Crippen LogP contribution in [0.5, 0.6) is 0 Å². The summed E-state index contributed by atoms with van der Waals surface area (Å²) in [6, 6.07) is 7.44. The summed E-state index contributed by atoms with van der Waals surface area (Å²) in [5.74, 6) is 0. The predicted molar refractivity (Wildman–Crippen MR) is 87.9 cm³/mol. The second kappa shape index (κ2) is 6.79. The molecule has 112 valence electrons. The number of anilines is 1. The summed E-state index contributed by atoms with van der Waals surface area (Å²) in [5, 5.41) is 3.55. The number of benzene rings is 1. The molecule has 0 spiro atoms. The van der Waals surface area contributed by atoms with Crippen molar-refractivity contribution in [3.8, 4) is 0 Å². The van der Waals surface area contributed by atoms with Crippen LogP contribution in [-0.2, 0) is 13.0 Å². The van der Waals surface area contributed by atoms with Crippen LogP contribution in [0.25, 0.3) is 0 Å². The molecule has 0 aromatic heterocycles. The highest BCUT2D eigenvalue weighted by atomic mass is 35.5. The van der Waals surface area contributed by atoms with E-state index in [9.17, 15) is 0 Å². The van der Waals surface area contributed by atoms with Crippen LogP contribution in [0.3, 0.4) is 0 Å². The third kappa shape index (κ3) is 3.27. The molecule has 1 fully saturated rings. The van der Waals surface area contributed by atoms with Gasteiger partial charge in [-0.2, -0.15) is 0 Å². The van der Waals surface area contributed by atoms with E-state index >= 15 is 0 Å². The fourth-order valence-electron chi connectivity index (χ4n) is 3.22. The molecule has 0 bridgehead atoms. The first-order valence-electron chi connectivity index (χ1n) is 7.55. The van der Waals surface area contributed by atoms with E-state index in [1.807, 2.05) is 0 Å². The van der Waals surface area contributed by atoms with Gasteiger partial charge in [-0.15, -0.1) is 12.4 Å². The van der Waals surface area contributed by atoms with E-state index in [0.717, 1.165) is 13.1 Å². The number of hydrogen-bond acceptors (Lipinski definition) is 3. The second-order valence-corrected chi connectivity index (χ2v) is 6.03. The minimum absolute atomic E-state index is 0. The number of para-hydroxylation sites is 1. The molecule has 2 aliphatic heterocycles. The van der Waals surface area contributed by atoms with Crippen LogP contribution in [0, 0.1) is 0 Å². The molecule has 3 rings (SSSR count). The highest BCUT2D eigenvalue weighted by molar-refractivity contribution is 5.85. The van der Waals surface area contributed by atoms with E-state index in [1.54, 1.807) is 0 Å². The number of halogens is 1. The molecular formula is C16H26ClN3. The highest BCUT2D eigenvalue weighted by Gasteiger charge is 2.20. The van der Waals surface area contributed by atoms with Gasteiger partial charge in [-0.3, -0.25) is 9.80 Å². The van der Waals surface area contributed by atoms with E-state index in [4.69, 9.17) is 0 Å². The molecule has 2 aliphatic rings. The monoisotopic (exact) mass is 295 g/mol. The number of rotatable bonds is 3. The van der Waals surface area contributed by atoms with Gasteiger partial charge in [0.2, 0.25) is 0 Å². The number of nitrogens with zero attached hydrogens (tertiary/aromatic N) is 2. The summed E-state index contributed by atoms with van der Waals surface area (Å²) >= 11 is 0. The summed E-state index contributed by atoms with van der Waals surface area (Å²) in [6.07, 6.45) is 1.18. The first-order valence-corrected chi connectivity index (χ1v) is 7.55. The summed E-state index contributed by atoms with van der Waals surface area (Å²) in [5.41, 5.74) is 4.39. The largest absolute Gasteiger partial charge is 0.384 e. The van der Waals surface area contributed by atoms with Crippen LogP contribution in [0.1, 0.15) is 25.0 Å². The Bertz CT molecular complexity index is 439. The molecule has 0 aliphatic carbocycles. The molecule has 1 aromatic rings. The maximum absolute atomic E-state index is 3.55. The smallest absolute Gasteiger partial charge is 0.0419 e. The Kier molecular flexibility index (Phi) is 5.30. The fourth-order valence-corrected chi connectivity index (χ4v) is 3.22. The van der Waals surface area contributed by atoms with Crippen molar-refractivity contribution in [2.24, 2.45) is 0 Å². The molecule has 0 atom stereocenters. The van der Waals surface area contributed by atoms with Gasteiger partial charge in [0.25, 0.3) is 0 Å². The van der Waals surface area contributed by atoms with E-state index in [1.165, 1.54) is 49.4 Å². The van der Waals surface area contributed by atoms with Crippen molar-refractivity contribution < 1.29 is 0 Å². The van der Waals surface area contributed by atoms with Gasteiger partial charge in [0.1, 0.15) is 0 Å². The van der Waals surface area contributed by atoms with Crippen molar-refractivity contribution in [3.05, 3.63) is 29.3 Å². The predicted octanol–water partition coefficient (Wildman–Crippen LogP) is 2.60. The third-order valence-corrected chi connectivity index (χ3v) is 4.46. The van der Waals surface area contributed by atoms with E-state index in [0.29, 0.717) is 6.04 Å². The van der Waals surface area contributed by atoms with Gasteiger partial charge in [0, 0.05) is 51.0 Å². The molecule has 20 heavy (non-hydrogen) atoms. The molecule has 0 radical (unpaired) electrons. The molecule has 3 nitrogen and oxygen atoms in total. The minimum Gasteiger partial charge on any atom is -0.384 e. The zero-order valence-electron chi connectivity index (χ0n) is 12.6. The lowest BCUT2D eigenvalue weighted by molar-refractivity contribution is 0.104. The quantitative estimate of drug-likeness (QED) is 0.925. The van der Waals surface area contributed by atoms with E-state index in [-0.39, 0.29) is 12.4 Å². The second-order valence-electron chi connectivity index (χ2n) is 6.03. The van der Waals surface area contributed by atoms with Gasteiger partial charge in [0.15, 0.2) is 0 Å². The topological polar surface area (TPSA) is 18.5 Å². The summed E-state index contributed by atoms with van der Waals surface area (Å²) in [7, 11) is 0. The third-order valence-electron chi connectivity index (χ3n) is 4.46. The van der Waals surface area contributed by atoms with Crippen molar-refractivity contribution in [2.45, 2.75) is 32.9 Å². The molecule has 0 amide bonds. The van der Waals surface area contributed by atoms with Crippen LogP contribution in [-0.4, -0.2) is 48.6 Å². The van der Waals surface area contributed by atoms with E-state index < -0.39 is 0 Å². The highest BCUT2D eigenvalue weighted by Crippen LogP contribution is 2.27. The van der Waals surface area contributed by atoms with Crippen molar-refractivity contribution in [3.63, 3.8) is 0 Å². The lowest BCUT2D eigenvalue weighted by Gasteiger charge is -2.37. The van der Waals surface area contributed by atoms with Gasteiger partial charge in [-0.05, 0) is 31.4 Å². The Morgan fingerprint density at radius 1 is 1.15 bits per heavy atom. The zero-order chi connectivity index (χ0) is 13.2. The van der Waals surface area contributed by atoms with Crippen LogP contribution in [0.15, 0.2) is 18.2 Å². The minimum atomic E-state index is 0. The van der Waals surface area contributed by atoms with Gasteiger partial charge < -0.3 is 5.32 Å². The van der Waals surface area contributed by atoms with Gasteiger partial charge in [0.05, 0.1) is 0 Å². The fraction of sp³-hybridized carbons (Fsp3) is 0.625. The zero-order valence-corrected chi connectivity index (χ0v) is 13.4. The molecular weight excluding hydrogens is 270 g/mol. The van der Waals surface area contributed by atoms with Crippen molar-refractivity contribution in [1.82, 2.24) is 9.80 Å². The van der Waals surface area contributed by atoms with Crippen LogP contribution in [0.2, 0.25) is 0 Å². The maximum atomic E-state index is 3.55. The summed E-state index contributed by atoms with van der Waals surface area (Å²) in [4.78, 5) is 5.17.